The lowest BCUT2D eigenvalue weighted by Gasteiger charge is -2.20. The topological polar surface area (TPSA) is 85.9 Å². The van der Waals surface area contributed by atoms with Crippen LogP contribution in [0.2, 0.25) is 5.02 Å². The normalized spacial score (nSPS) is 12.2. The number of carbonyl (C=O) groups is 2. The number of hydrogen-bond acceptors (Lipinski definition) is 5. The Kier molecular flexibility index (Phi) is 6.03. The molecule has 1 aliphatic heterocycles. The van der Waals surface area contributed by atoms with Gasteiger partial charge >= 0.3 is 0 Å². The van der Waals surface area contributed by atoms with E-state index >= 15 is 0 Å². The SMILES string of the molecule is COc1ccccc1C(=O)NCCC(=O)Nc1cc2c(cc1Cl)OCCO2. The second kappa shape index (κ2) is 8.64. The summed E-state index contributed by atoms with van der Waals surface area (Å²) < 4.78 is 16.1. The van der Waals surface area contributed by atoms with E-state index in [1.54, 1.807) is 36.4 Å². The summed E-state index contributed by atoms with van der Waals surface area (Å²) >= 11 is 6.17. The molecule has 0 unspecified atom stereocenters. The quantitative estimate of drug-likeness (QED) is 0.792. The zero-order valence-electron chi connectivity index (χ0n) is 14.7. The molecule has 2 aromatic carbocycles. The van der Waals surface area contributed by atoms with Crippen LogP contribution in [0.25, 0.3) is 0 Å². The third-order valence-electron chi connectivity index (χ3n) is 3.90. The van der Waals surface area contributed by atoms with Crippen molar-refractivity contribution in [1.82, 2.24) is 5.32 Å². The molecular weight excluding hydrogens is 372 g/mol. The fourth-order valence-corrected chi connectivity index (χ4v) is 2.79. The van der Waals surface area contributed by atoms with Gasteiger partial charge in [0.15, 0.2) is 11.5 Å². The average Bonchev–Trinajstić information content (AvgIpc) is 2.68. The second-order valence-corrected chi connectivity index (χ2v) is 6.14. The number of carbonyl (C=O) groups excluding carboxylic acids is 2. The zero-order valence-corrected chi connectivity index (χ0v) is 15.5. The minimum Gasteiger partial charge on any atom is -0.496 e. The van der Waals surface area contributed by atoms with Gasteiger partial charge in [0.05, 0.1) is 23.4 Å². The average molecular weight is 391 g/mol. The summed E-state index contributed by atoms with van der Waals surface area (Å²) in [5.41, 5.74) is 0.845. The number of methoxy groups -OCH3 is 1. The number of rotatable bonds is 6. The van der Waals surface area contributed by atoms with Crippen molar-refractivity contribution in [2.45, 2.75) is 6.42 Å². The summed E-state index contributed by atoms with van der Waals surface area (Å²) in [6, 6.07) is 10.1. The molecule has 0 fully saturated rings. The van der Waals surface area contributed by atoms with Crippen LogP contribution in [0.5, 0.6) is 17.2 Å². The van der Waals surface area contributed by atoms with Gasteiger partial charge in [-0.1, -0.05) is 23.7 Å². The third kappa shape index (κ3) is 4.62. The van der Waals surface area contributed by atoms with Crippen LogP contribution < -0.4 is 24.8 Å². The number of amides is 2. The van der Waals surface area contributed by atoms with Crippen LogP contribution in [-0.4, -0.2) is 38.7 Å². The summed E-state index contributed by atoms with van der Waals surface area (Å²) in [6.45, 7) is 1.07. The van der Waals surface area contributed by atoms with Crippen molar-refractivity contribution in [3.8, 4) is 17.2 Å². The number of hydrogen-bond donors (Lipinski definition) is 2. The Balaban J connectivity index is 1.54. The van der Waals surface area contributed by atoms with Gasteiger partial charge in [0.2, 0.25) is 5.91 Å². The molecule has 27 heavy (non-hydrogen) atoms. The number of nitrogens with one attached hydrogen (secondary N) is 2. The molecule has 1 aliphatic rings. The molecule has 0 atom stereocenters. The van der Waals surface area contributed by atoms with Crippen molar-refractivity contribution in [3.63, 3.8) is 0 Å². The second-order valence-electron chi connectivity index (χ2n) is 5.73. The predicted molar refractivity (Wildman–Crippen MR) is 101 cm³/mol. The molecule has 8 heteroatoms. The van der Waals surface area contributed by atoms with Gasteiger partial charge in [0, 0.05) is 25.1 Å². The molecule has 2 aromatic rings. The fourth-order valence-electron chi connectivity index (χ4n) is 2.59. The fraction of sp³-hybridized carbons (Fsp3) is 0.263. The Hall–Kier alpha value is -2.93. The summed E-state index contributed by atoms with van der Waals surface area (Å²) in [6.07, 6.45) is 0.0889. The van der Waals surface area contributed by atoms with Crippen molar-refractivity contribution < 1.29 is 23.8 Å². The van der Waals surface area contributed by atoms with E-state index in [1.165, 1.54) is 7.11 Å². The Morgan fingerprint density at radius 2 is 1.85 bits per heavy atom. The molecular formula is C19H19ClN2O5. The number of fused-ring (bicyclic) bond motifs is 1. The first-order chi connectivity index (χ1) is 13.1. The number of ether oxygens (including phenoxy) is 3. The predicted octanol–water partition coefficient (Wildman–Crippen LogP) is 2.88. The number of benzene rings is 2. The lowest BCUT2D eigenvalue weighted by molar-refractivity contribution is -0.116. The Labute approximate surface area is 161 Å². The van der Waals surface area contributed by atoms with Crippen molar-refractivity contribution in [3.05, 3.63) is 47.0 Å². The molecule has 2 N–H and O–H groups in total. The lowest BCUT2D eigenvalue weighted by atomic mass is 10.2. The molecule has 0 aromatic heterocycles. The maximum Gasteiger partial charge on any atom is 0.255 e. The molecule has 1 heterocycles. The standard InChI is InChI=1S/C19H19ClN2O5/c1-25-15-5-3-2-4-12(15)19(24)21-7-6-18(23)22-14-11-17-16(10-13(14)20)26-8-9-27-17/h2-5,10-11H,6-9H2,1H3,(H,21,24)(H,22,23). The van der Waals surface area contributed by atoms with Gasteiger partial charge in [-0.2, -0.15) is 0 Å². The van der Waals surface area contributed by atoms with Gasteiger partial charge in [0.25, 0.3) is 5.91 Å². The van der Waals surface area contributed by atoms with Crippen LogP contribution in [-0.2, 0) is 4.79 Å². The van der Waals surface area contributed by atoms with Crippen LogP contribution >= 0.6 is 11.6 Å². The summed E-state index contributed by atoms with van der Waals surface area (Å²) in [7, 11) is 1.50. The molecule has 3 rings (SSSR count). The van der Waals surface area contributed by atoms with Crippen molar-refractivity contribution in [1.29, 1.82) is 0 Å². The van der Waals surface area contributed by atoms with E-state index in [2.05, 4.69) is 10.6 Å². The summed E-state index contributed by atoms with van der Waals surface area (Å²) in [4.78, 5) is 24.4. The Morgan fingerprint density at radius 1 is 1.15 bits per heavy atom. The van der Waals surface area contributed by atoms with Crippen molar-refractivity contribution in [2.24, 2.45) is 0 Å². The molecule has 0 aliphatic carbocycles. The van der Waals surface area contributed by atoms with Crippen molar-refractivity contribution >= 4 is 29.1 Å². The molecule has 0 radical (unpaired) electrons. The first-order valence-corrected chi connectivity index (χ1v) is 8.76. The van der Waals surface area contributed by atoms with Crippen LogP contribution in [0.4, 0.5) is 5.69 Å². The smallest absolute Gasteiger partial charge is 0.255 e. The lowest BCUT2D eigenvalue weighted by Crippen LogP contribution is -2.28. The molecule has 0 spiro atoms. The van der Waals surface area contributed by atoms with Gasteiger partial charge in [0.1, 0.15) is 19.0 Å². The maximum atomic E-state index is 12.2. The van der Waals surface area contributed by atoms with Gasteiger partial charge < -0.3 is 24.8 Å². The highest BCUT2D eigenvalue weighted by molar-refractivity contribution is 6.34. The van der Waals surface area contributed by atoms with Crippen LogP contribution in [0.1, 0.15) is 16.8 Å². The van der Waals surface area contributed by atoms with Gasteiger partial charge in [-0.3, -0.25) is 9.59 Å². The molecule has 0 saturated carbocycles. The monoisotopic (exact) mass is 390 g/mol. The Bertz CT molecular complexity index is 856. The van der Waals surface area contributed by atoms with Crippen LogP contribution in [0.15, 0.2) is 36.4 Å². The Morgan fingerprint density at radius 3 is 2.59 bits per heavy atom. The number of para-hydroxylation sites is 1. The van der Waals surface area contributed by atoms with E-state index < -0.39 is 0 Å². The van der Waals surface area contributed by atoms with E-state index in [0.29, 0.717) is 46.7 Å². The molecule has 142 valence electrons. The zero-order chi connectivity index (χ0) is 19.2. The minimum absolute atomic E-state index is 0.0889. The highest BCUT2D eigenvalue weighted by atomic mass is 35.5. The molecule has 0 bridgehead atoms. The first-order valence-electron chi connectivity index (χ1n) is 8.38. The van der Waals surface area contributed by atoms with Gasteiger partial charge in [-0.15, -0.1) is 0 Å². The highest BCUT2D eigenvalue weighted by Crippen LogP contribution is 2.37. The highest BCUT2D eigenvalue weighted by Gasteiger charge is 2.17. The molecule has 0 saturated heterocycles. The van der Waals surface area contributed by atoms with Crippen LogP contribution in [0, 0.1) is 0 Å². The van der Waals surface area contributed by atoms with Gasteiger partial charge in [-0.05, 0) is 12.1 Å². The van der Waals surface area contributed by atoms with E-state index in [0.717, 1.165) is 0 Å². The minimum atomic E-state index is -0.308. The molecule has 7 nitrogen and oxygen atoms in total. The maximum absolute atomic E-state index is 12.2. The van der Waals surface area contributed by atoms with Crippen molar-refractivity contribution in [2.75, 3.05) is 32.2 Å². The third-order valence-corrected chi connectivity index (χ3v) is 4.21. The van der Waals surface area contributed by atoms with E-state index in [4.69, 9.17) is 25.8 Å². The number of anilines is 1. The van der Waals surface area contributed by atoms with E-state index in [1.807, 2.05) is 0 Å². The largest absolute Gasteiger partial charge is 0.496 e. The van der Waals surface area contributed by atoms with E-state index in [-0.39, 0.29) is 24.8 Å². The summed E-state index contributed by atoms with van der Waals surface area (Å²) in [5.74, 6) is 0.966. The van der Waals surface area contributed by atoms with E-state index in [9.17, 15) is 9.59 Å². The summed E-state index contributed by atoms with van der Waals surface area (Å²) in [5, 5.41) is 5.76. The van der Waals surface area contributed by atoms with Crippen LogP contribution in [0.3, 0.4) is 0 Å². The first kappa shape index (κ1) is 18.8. The number of halogens is 1. The van der Waals surface area contributed by atoms with Gasteiger partial charge in [-0.25, -0.2) is 0 Å². The molecule has 2 amide bonds.